The van der Waals surface area contributed by atoms with Gasteiger partial charge in [-0.05, 0) is 44.4 Å². The molecule has 0 atom stereocenters. The second-order valence-corrected chi connectivity index (χ2v) is 4.40. The van der Waals surface area contributed by atoms with Crippen LogP contribution in [0.5, 0.6) is 0 Å². The summed E-state index contributed by atoms with van der Waals surface area (Å²) in [6, 6.07) is 0. The summed E-state index contributed by atoms with van der Waals surface area (Å²) in [7, 11) is 1.73. The zero-order chi connectivity index (χ0) is 10.9. The molecule has 1 rings (SSSR count). The van der Waals surface area contributed by atoms with Crippen LogP contribution in [0.2, 0.25) is 0 Å². The maximum absolute atomic E-state index is 9.00. The first kappa shape index (κ1) is 12.9. The molecule has 3 nitrogen and oxygen atoms in total. The van der Waals surface area contributed by atoms with E-state index in [4.69, 9.17) is 14.6 Å². The van der Waals surface area contributed by atoms with Crippen molar-refractivity contribution < 1.29 is 14.6 Å². The van der Waals surface area contributed by atoms with E-state index in [1.807, 2.05) is 0 Å². The molecular formula is C12H24O3. The second-order valence-electron chi connectivity index (χ2n) is 4.40. The summed E-state index contributed by atoms with van der Waals surface area (Å²) in [5.74, 6) is 0.526. The number of hydrogen-bond donors (Lipinski definition) is 1. The van der Waals surface area contributed by atoms with Crippen LogP contribution in [-0.4, -0.2) is 38.1 Å². The highest BCUT2D eigenvalue weighted by Gasteiger charge is 2.20. The molecule has 0 spiro atoms. The Balaban J connectivity index is 1.94. The van der Waals surface area contributed by atoms with Crippen molar-refractivity contribution in [3.05, 3.63) is 0 Å². The first-order valence-electron chi connectivity index (χ1n) is 6.08. The van der Waals surface area contributed by atoms with Crippen LogP contribution in [0.1, 0.15) is 38.5 Å². The van der Waals surface area contributed by atoms with Gasteiger partial charge in [0.05, 0.1) is 6.10 Å². The molecule has 0 aromatic carbocycles. The van der Waals surface area contributed by atoms with E-state index in [1.54, 1.807) is 7.11 Å². The quantitative estimate of drug-likeness (QED) is 0.661. The lowest BCUT2D eigenvalue weighted by molar-refractivity contribution is 0.00799. The first-order chi connectivity index (χ1) is 7.36. The Kier molecular flexibility index (Phi) is 6.98. The Bertz CT molecular complexity index is 142. The maximum Gasteiger partial charge on any atom is 0.0575 e. The van der Waals surface area contributed by atoms with Crippen LogP contribution < -0.4 is 0 Å². The van der Waals surface area contributed by atoms with Gasteiger partial charge in [-0.3, -0.25) is 0 Å². The molecule has 0 amide bonds. The molecular weight excluding hydrogens is 192 g/mol. The van der Waals surface area contributed by atoms with Gasteiger partial charge in [0.1, 0.15) is 0 Å². The lowest BCUT2D eigenvalue weighted by Crippen LogP contribution is -2.23. The van der Waals surface area contributed by atoms with Crippen LogP contribution in [-0.2, 0) is 9.47 Å². The van der Waals surface area contributed by atoms with E-state index in [0.717, 1.165) is 51.7 Å². The summed E-state index contributed by atoms with van der Waals surface area (Å²) in [4.78, 5) is 0. The van der Waals surface area contributed by atoms with Crippen LogP contribution in [0.4, 0.5) is 0 Å². The molecule has 1 aliphatic rings. The summed E-state index contributed by atoms with van der Waals surface area (Å²) >= 11 is 0. The Labute approximate surface area is 92.8 Å². The van der Waals surface area contributed by atoms with E-state index in [1.165, 1.54) is 0 Å². The lowest BCUT2D eigenvalue weighted by atomic mass is 9.88. The number of aliphatic hydroxyl groups excluding tert-OH is 1. The molecule has 0 aliphatic heterocycles. The van der Waals surface area contributed by atoms with Gasteiger partial charge in [-0.15, -0.1) is 0 Å². The van der Waals surface area contributed by atoms with Crippen LogP contribution in [0.25, 0.3) is 0 Å². The smallest absolute Gasteiger partial charge is 0.0575 e. The van der Waals surface area contributed by atoms with Gasteiger partial charge in [0, 0.05) is 26.9 Å². The molecule has 0 aromatic rings. The largest absolute Gasteiger partial charge is 0.396 e. The minimum absolute atomic E-state index is 0.348. The third kappa shape index (κ3) is 5.50. The molecule has 0 heterocycles. The average molecular weight is 216 g/mol. The highest BCUT2D eigenvalue weighted by Crippen LogP contribution is 2.25. The Morgan fingerprint density at radius 2 is 1.73 bits per heavy atom. The lowest BCUT2D eigenvalue weighted by Gasteiger charge is -2.27. The van der Waals surface area contributed by atoms with E-state index in [9.17, 15) is 0 Å². The SMILES string of the molecule is COCCCCOC1CCC(CO)CC1. The zero-order valence-corrected chi connectivity index (χ0v) is 9.78. The van der Waals surface area contributed by atoms with E-state index in [0.29, 0.717) is 18.6 Å². The van der Waals surface area contributed by atoms with Crippen molar-refractivity contribution in [2.75, 3.05) is 26.9 Å². The number of ether oxygens (including phenoxy) is 2. The van der Waals surface area contributed by atoms with Crippen LogP contribution in [0.15, 0.2) is 0 Å². The van der Waals surface area contributed by atoms with Gasteiger partial charge in [0.2, 0.25) is 0 Å². The number of methoxy groups -OCH3 is 1. The summed E-state index contributed by atoms with van der Waals surface area (Å²) in [5.41, 5.74) is 0. The standard InChI is InChI=1S/C12H24O3/c1-14-8-2-3-9-15-12-6-4-11(10-13)5-7-12/h11-13H,2-10H2,1H3. The molecule has 0 saturated heterocycles. The monoisotopic (exact) mass is 216 g/mol. The van der Waals surface area contributed by atoms with Crippen LogP contribution in [0, 0.1) is 5.92 Å². The summed E-state index contributed by atoms with van der Waals surface area (Å²) in [5, 5.41) is 9.00. The molecule has 0 aromatic heterocycles. The fourth-order valence-corrected chi connectivity index (χ4v) is 2.08. The molecule has 15 heavy (non-hydrogen) atoms. The molecule has 1 fully saturated rings. The van der Waals surface area contributed by atoms with Crippen molar-refractivity contribution in [2.45, 2.75) is 44.6 Å². The topological polar surface area (TPSA) is 38.7 Å². The predicted octanol–water partition coefficient (Wildman–Crippen LogP) is 1.98. The molecule has 1 N–H and O–H groups in total. The van der Waals surface area contributed by atoms with Crippen LogP contribution in [0.3, 0.4) is 0 Å². The van der Waals surface area contributed by atoms with Gasteiger partial charge < -0.3 is 14.6 Å². The van der Waals surface area contributed by atoms with E-state index >= 15 is 0 Å². The predicted molar refractivity (Wildman–Crippen MR) is 59.9 cm³/mol. The number of rotatable bonds is 7. The molecule has 3 heteroatoms. The van der Waals surface area contributed by atoms with Crippen molar-refractivity contribution in [1.29, 1.82) is 0 Å². The van der Waals surface area contributed by atoms with Gasteiger partial charge in [-0.2, -0.15) is 0 Å². The van der Waals surface area contributed by atoms with E-state index in [-0.39, 0.29) is 0 Å². The highest BCUT2D eigenvalue weighted by atomic mass is 16.5. The molecule has 1 aliphatic carbocycles. The van der Waals surface area contributed by atoms with Gasteiger partial charge >= 0.3 is 0 Å². The van der Waals surface area contributed by atoms with Crippen LogP contribution >= 0.6 is 0 Å². The number of unbranched alkanes of at least 4 members (excludes halogenated alkanes) is 1. The van der Waals surface area contributed by atoms with Crippen molar-refractivity contribution in [2.24, 2.45) is 5.92 Å². The number of hydrogen-bond acceptors (Lipinski definition) is 3. The first-order valence-corrected chi connectivity index (χ1v) is 6.08. The molecule has 0 unspecified atom stereocenters. The van der Waals surface area contributed by atoms with Crippen molar-refractivity contribution in [3.63, 3.8) is 0 Å². The molecule has 0 bridgehead atoms. The molecule has 1 saturated carbocycles. The Morgan fingerprint density at radius 1 is 1.07 bits per heavy atom. The summed E-state index contributed by atoms with van der Waals surface area (Å²) in [6.07, 6.45) is 7.11. The third-order valence-electron chi connectivity index (χ3n) is 3.15. The minimum Gasteiger partial charge on any atom is -0.396 e. The zero-order valence-electron chi connectivity index (χ0n) is 9.78. The summed E-state index contributed by atoms with van der Waals surface area (Å²) < 4.78 is 10.8. The van der Waals surface area contributed by atoms with E-state index < -0.39 is 0 Å². The number of aliphatic hydroxyl groups is 1. The minimum atomic E-state index is 0.348. The fourth-order valence-electron chi connectivity index (χ4n) is 2.08. The van der Waals surface area contributed by atoms with Gasteiger partial charge in [-0.1, -0.05) is 0 Å². The maximum atomic E-state index is 9.00. The van der Waals surface area contributed by atoms with Gasteiger partial charge in [0.15, 0.2) is 0 Å². The third-order valence-corrected chi connectivity index (χ3v) is 3.15. The fraction of sp³-hybridized carbons (Fsp3) is 1.00. The Morgan fingerprint density at radius 3 is 2.33 bits per heavy atom. The van der Waals surface area contributed by atoms with Crippen molar-refractivity contribution in [1.82, 2.24) is 0 Å². The summed E-state index contributed by atoms with van der Waals surface area (Å²) in [6.45, 7) is 2.04. The average Bonchev–Trinajstić information content (AvgIpc) is 2.30. The van der Waals surface area contributed by atoms with Crippen molar-refractivity contribution >= 4 is 0 Å². The highest BCUT2D eigenvalue weighted by molar-refractivity contribution is 4.72. The van der Waals surface area contributed by atoms with E-state index in [2.05, 4.69) is 0 Å². The second kappa shape index (κ2) is 8.08. The van der Waals surface area contributed by atoms with Gasteiger partial charge in [-0.25, -0.2) is 0 Å². The molecule has 90 valence electrons. The Hall–Kier alpha value is -0.120. The normalized spacial score (nSPS) is 26.8. The molecule has 0 radical (unpaired) electrons. The van der Waals surface area contributed by atoms with Gasteiger partial charge in [0.25, 0.3) is 0 Å². The van der Waals surface area contributed by atoms with Crippen molar-refractivity contribution in [3.8, 4) is 0 Å².